The molecule has 0 unspecified atom stereocenters. The minimum absolute atomic E-state index is 0.635. The van der Waals surface area contributed by atoms with E-state index >= 15 is 0 Å². The molecular weight excluding hydrogens is 206 g/mol. The van der Waals surface area contributed by atoms with Gasteiger partial charge in [-0.25, -0.2) is 9.97 Å². The molecule has 1 fully saturated rings. The van der Waals surface area contributed by atoms with Gasteiger partial charge in [-0.2, -0.15) is 0 Å². The predicted octanol–water partition coefficient (Wildman–Crippen LogP) is 2.78. The Balaban J connectivity index is 1.88. The van der Waals surface area contributed by atoms with Gasteiger partial charge >= 0.3 is 0 Å². The van der Waals surface area contributed by atoms with E-state index in [1.54, 1.807) is 17.7 Å². The van der Waals surface area contributed by atoms with E-state index in [0.29, 0.717) is 6.04 Å². The third-order valence-electron chi connectivity index (χ3n) is 2.37. The minimum Gasteiger partial charge on any atom is -0.367 e. The molecule has 0 saturated heterocycles. The molecule has 2 aromatic heterocycles. The zero-order valence-electron chi connectivity index (χ0n) is 8.18. The summed E-state index contributed by atoms with van der Waals surface area (Å²) in [6.45, 7) is 0. The van der Waals surface area contributed by atoms with Gasteiger partial charge < -0.3 is 5.32 Å². The van der Waals surface area contributed by atoms with Crippen molar-refractivity contribution in [2.24, 2.45) is 0 Å². The second kappa shape index (κ2) is 3.62. The number of nitrogens with zero attached hydrogens (tertiary/aromatic N) is 2. The summed E-state index contributed by atoms with van der Waals surface area (Å²) < 4.78 is 0. The standard InChI is InChI=1S/C11H11N3S/c1-2-10(15-5-1)9-6-11(13-7-12-9)14-8-3-4-8/h1-2,5-8H,3-4H2,(H,12,13,14). The van der Waals surface area contributed by atoms with Crippen LogP contribution in [0.15, 0.2) is 29.9 Å². The predicted molar refractivity (Wildman–Crippen MR) is 62.0 cm³/mol. The first-order valence-corrected chi connectivity index (χ1v) is 5.92. The molecular formula is C11H11N3S. The average molecular weight is 217 g/mol. The van der Waals surface area contributed by atoms with Crippen LogP contribution in [0.25, 0.3) is 10.6 Å². The van der Waals surface area contributed by atoms with Crippen LogP contribution in [0.2, 0.25) is 0 Å². The second-order valence-electron chi connectivity index (χ2n) is 3.68. The Hall–Kier alpha value is -1.42. The summed E-state index contributed by atoms with van der Waals surface area (Å²) >= 11 is 1.70. The Morgan fingerprint density at radius 3 is 3.00 bits per heavy atom. The first kappa shape index (κ1) is 8.85. The number of anilines is 1. The van der Waals surface area contributed by atoms with E-state index in [1.807, 2.05) is 12.1 Å². The Kier molecular flexibility index (Phi) is 2.14. The highest BCUT2D eigenvalue weighted by Gasteiger charge is 2.21. The minimum atomic E-state index is 0.635. The van der Waals surface area contributed by atoms with Crippen LogP contribution >= 0.6 is 11.3 Å². The SMILES string of the molecule is c1csc(-c2cc(NC3CC3)ncn2)c1. The summed E-state index contributed by atoms with van der Waals surface area (Å²) in [4.78, 5) is 9.67. The van der Waals surface area contributed by atoms with E-state index < -0.39 is 0 Å². The maximum Gasteiger partial charge on any atom is 0.130 e. The van der Waals surface area contributed by atoms with Crippen molar-refractivity contribution in [1.29, 1.82) is 0 Å². The van der Waals surface area contributed by atoms with Crippen LogP contribution < -0.4 is 5.32 Å². The fourth-order valence-electron chi connectivity index (χ4n) is 1.43. The van der Waals surface area contributed by atoms with Gasteiger partial charge in [0.2, 0.25) is 0 Å². The van der Waals surface area contributed by atoms with Crippen molar-refractivity contribution in [3.63, 3.8) is 0 Å². The Labute approximate surface area is 92.2 Å². The average Bonchev–Trinajstić information content (AvgIpc) is 2.91. The van der Waals surface area contributed by atoms with Crippen molar-refractivity contribution >= 4 is 17.2 Å². The lowest BCUT2D eigenvalue weighted by Crippen LogP contribution is -2.03. The number of rotatable bonds is 3. The van der Waals surface area contributed by atoms with Gasteiger partial charge in [-0.15, -0.1) is 11.3 Å². The molecule has 2 aromatic rings. The van der Waals surface area contributed by atoms with Crippen LogP contribution in [-0.4, -0.2) is 16.0 Å². The van der Waals surface area contributed by atoms with E-state index in [4.69, 9.17) is 0 Å². The van der Waals surface area contributed by atoms with Crippen molar-refractivity contribution in [1.82, 2.24) is 9.97 Å². The van der Waals surface area contributed by atoms with E-state index in [2.05, 4.69) is 26.7 Å². The van der Waals surface area contributed by atoms with Crippen LogP contribution in [0, 0.1) is 0 Å². The molecule has 2 heterocycles. The van der Waals surface area contributed by atoms with Gasteiger partial charge in [-0.3, -0.25) is 0 Å². The molecule has 0 amide bonds. The van der Waals surface area contributed by atoms with E-state index in [0.717, 1.165) is 11.5 Å². The zero-order valence-corrected chi connectivity index (χ0v) is 9.00. The molecule has 0 bridgehead atoms. The fraction of sp³-hybridized carbons (Fsp3) is 0.273. The van der Waals surface area contributed by atoms with Gasteiger partial charge in [0.05, 0.1) is 10.6 Å². The van der Waals surface area contributed by atoms with Crippen LogP contribution in [0.4, 0.5) is 5.82 Å². The number of thiophene rings is 1. The van der Waals surface area contributed by atoms with Crippen LogP contribution in [-0.2, 0) is 0 Å². The second-order valence-corrected chi connectivity index (χ2v) is 4.63. The van der Waals surface area contributed by atoms with Crippen molar-refractivity contribution in [3.05, 3.63) is 29.9 Å². The van der Waals surface area contributed by atoms with Gasteiger partial charge in [0.25, 0.3) is 0 Å². The van der Waals surface area contributed by atoms with Crippen molar-refractivity contribution < 1.29 is 0 Å². The van der Waals surface area contributed by atoms with Crippen LogP contribution in [0.1, 0.15) is 12.8 Å². The quantitative estimate of drug-likeness (QED) is 0.859. The highest BCUT2D eigenvalue weighted by atomic mass is 32.1. The summed E-state index contributed by atoms with van der Waals surface area (Å²) in [5.41, 5.74) is 1.00. The largest absolute Gasteiger partial charge is 0.367 e. The van der Waals surface area contributed by atoms with Crippen LogP contribution in [0.3, 0.4) is 0 Å². The third kappa shape index (κ3) is 1.99. The van der Waals surface area contributed by atoms with Crippen molar-refractivity contribution in [2.45, 2.75) is 18.9 Å². The number of nitrogens with one attached hydrogen (secondary N) is 1. The molecule has 3 rings (SSSR count). The van der Waals surface area contributed by atoms with E-state index in [-0.39, 0.29) is 0 Å². The number of aromatic nitrogens is 2. The molecule has 0 spiro atoms. The lowest BCUT2D eigenvalue weighted by atomic mass is 10.3. The fourth-order valence-corrected chi connectivity index (χ4v) is 2.13. The smallest absolute Gasteiger partial charge is 0.130 e. The van der Waals surface area contributed by atoms with Crippen molar-refractivity contribution in [2.75, 3.05) is 5.32 Å². The topological polar surface area (TPSA) is 37.8 Å². The molecule has 1 aliphatic rings. The first-order chi connectivity index (χ1) is 7.42. The van der Waals surface area contributed by atoms with Gasteiger partial charge in [-0.05, 0) is 24.3 Å². The molecule has 0 atom stereocenters. The summed E-state index contributed by atoms with van der Waals surface area (Å²) in [5, 5.41) is 5.43. The molecule has 15 heavy (non-hydrogen) atoms. The highest BCUT2D eigenvalue weighted by molar-refractivity contribution is 7.13. The Morgan fingerprint density at radius 1 is 1.33 bits per heavy atom. The molecule has 4 heteroatoms. The van der Waals surface area contributed by atoms with E-state index in [1.165, 1.54) is 17.7 Å². The molecule has 1 saturated carbocycles. The van der Waals surface area contributed by atoms with Gasteiger partial charge in [0.1, 0.15) is 12.1 Å². The third-order valence-corrected chi connectivity index (χ3v) is 3.26. The lowest BCUT2D eigenvalue weighted by molar-refractivity contribution is 1.08. The highest BCUT2D eigenvalue weighted by Crippen LogP contribution is 2.27. The summed E-state index contributed by atoms with van der Waals surface area (Å²) in [6.07, 6.45) is 4.15. The lowest BCUT2D eigenvalue weighted by Gasteiger charge is -2.03. The zero-order chi connectivity index (χ0) is 10.1. The molecule has 76 valence electrons. The monoisotopic (exact) mass is 217 g/mol. The van der Waals surface area contributed by atoms with Crippen LogP contribution in [0.5, 0.6) is 0 Å². The molecule has 3 nitrogen and oxygen atoms in total. The van der Waals surface area contributed by atoms with E-state index in [9.17, 15) is 0 Å². The molecule has 1 N–H and O–H groups in total. The Morgan fingerprint density at radius 2 is 2.27 bits per heavy atom. The number of hydrogen-bond donors (Lipinski definition) is 1. The van der Waals surface area contributed by atoms with Gasteiger partial charge in [-0.1, -0.05) is 6.07 Å². The normalized spacial score (nSPS) is 15.2. The first-order valence-electron chi connectivity index (χ1n) is 5.04. The summed E-state index contributed by atoms with van der Waals surface area (Å²) in [6, 6.07) is 6.77. The Bertz CT molecular complexity index is 449. The maximum absolute atomic E-state index is 4.27. The van der Waals surface area contributed by atoms with Gasteiger partial charge in [0.15, 0.2) is 0 Å². The van der Waals surface area contributed by atoms with Crippen molar-refractivity contribution in [3.8, 4) is 10.6 Å². The maximum atomic E-state index is 4.27. The number of hydrogen-bond acceptors (Lipinski definition) is 4. The molecule has 1 aliphatic carbocycles. The molecule has 0 aromatic carbocycles. The van der Waals surface area contributed by atoms with Gasteiger partial charge in [0, 0.05) is 12.1 Å². The molecule has 0 radical (unpaired) electrons. The molecule has 0 aliphatic heterocycles. The summed E-state index contributed by atoms with van der Waals surface area (Å²) in [5.74, 6) is 0.941. The summed E-state index contributed by atoms with van der Waals surface area (Å²) in [7, 11) is 0.